The molecular formula is C11H12F3N. The Balaban J connectivity index is 2.25. The average molecular weight is 215 g/mol. The summed E-state index contributed by atoms with van der Waals surface area (Å²) in [5, 5.41) is 3.08. The number of rotatable bonds is 3. The first-order valence-corrected chi connectivity index (χ1v) is 4.89. The zero-order valence-electron chi connectivity index (χ0n) is 8.41. The van der Waals surface area contributed by atoms with Gasteiger partial charge in [-0.3, -0.25) is 0 Å². The SMILES string of the molecule is CNC1(Cc2cc(F)c(F)cc2F)CC1. The smallest absolute Gasteiger partial charge is 0.161 e. The van der Waals surface area contributed by atoms with E-state index in [-0.39, 0.29) is 11.1 Å². The number of hydrogen-bond donors (Lipinski definition) is 1. The van der Waals surface area contributed by atoms with Gasteiger partial charge in [0.15, 0.2) is 11.6 Å². The van der Waals surface area contributed by atoms with Gasteiger partial charge in [0.05, 0.1) is 0 Å². The summed E-state index contributed by atoms with van der Waals surface area (Å²) in [7, 11) is 1.80. The van der Waals surface area contributed by atoms with Crippen molar-refractivity contribution in [1.29, 1.82) is 0 Å². The van der Waals surface area contributed by atoms with Gasteiger partial charge in [-0.05, 0) is 37.9 Å². The quantitative estimate of drug-likeness (QED) is 0.763. The summed E-state index contributed by atoms with van der Waals surface area (Å²) >= 11 is 0. The maximum atomic E-state index is 13.3. The highest BCUT2D eigenvalue weighted by molar-refractivity contribution is 5.24. The van der Waals surface area contributed by atoms with E-state index in [1.165, 1.54) is 0 Å². The number of halogens is 3. The largest absolute Gasteiger partial charge is 0.314 e. The number of nitrogens with one attached hydrogen (secondary N) is 1. The Hall–Kier alpha value is -1.03. The van der Waals surface area contributed by atoms with Gasteiger partial charge < -0.3 is 5.32 Å². The summed E-state index contributed by atoms with van der Waals surface area (Å²) in [4.78, 5) is 0. The van der Waals surface area contributed by atoms with E-state index in [1.54, 1.807) is 7.05 Å². The zero-order valence-corrected chi connectivity index (χ0v) is 8.41. The zero-order chi connectivity index (χ0) is 11.1. The molecule has 1 aromatic rings. The van der Waals surface area contributed by atoms with Crippen LogP contribution in [0.25, 0.3) is 0 Å². The molecule has 1 saturated carbocycles. The molecule has 0 radical (unpaired) electrons. The summed E-state index contributed by atoms with van der Waals surface area (Å²) < 4.78 is 38.8. The van der Waals surface area contributed by atoms with Gasteiger partial charge in [0, 0.05) is 11.6 Å². The summed E-state index contributed by atoms with van der Waals surface area (Å²) in [6.07, 6.45) is 2.30. The Morgan fingerprint density at radius 3 is 2.27 bits per heavy atom. The van der Waals surface area contributed by atoms with Crippen LogP contribution in [0.15, 0.2) is 12.1 Å². The third-order valence-corrected chi connectivity index (χ3v) is 3.00. The normalized spacial score (nSPS) is 17.9. The molecule has 1 fully saturated rings. The van der Waals surface area contributed by atoms with E-state index < -0.39 is 17.5 Å². The van der Waals surface area contributed by atoms with Crippen LogP contribution in [0.3, 0.4) is 0 Å². The fraction of sp³-hybridized carbons (Fsp3) is 0.455. The van der Waals surface area contributed by atoms with Gasteiger partial charge in [0.2, 0.25) is 0 Å². The summed E-state index contributed by atoms with van der Waals surface area (Å²) in [5.74, 6) is -2.79. The molecule has 1 nitrogen and oxygen atoms in total. The van der Waals surface area contributed by atoms with E-state index in [0.717, 1.165) is 18.9 Å². The highest BCUT2D eigenvalue weighted by atomic mass is 19.2. The Kier molecular flexibility index (Phi) is 2.46. The fourth-order valence-electron chi connectivity index (χ4n) is 1.73. The van der Waals surface area contributed by atoms with Crippen molar-refractivity contribution in [3.63, 3.8) is 0 Å². The predicted molar refractivity (Wildman–Crippen MR) is 51.0 cm³/mol. The van der Waals surface area contributed by atoms with Crippen molar-refractivity contribution in [3.05, 3.63) is 35.1 Å². The third kappa shape index (κ3) is 2.00. The molecule has 4 heteroatoms. The second-order valence-corrected chi connectivity index (χ2v) is 4.06. The Morgan fingerprint density at radius 2 is 1.73 bits per heavy atom. The molecule has 0 heterocycles. The van der Waals surface area contributed by atoms with Crippen molar-refractivity contribution in [2.75, 3.05) is 7.05 Å². The summed E-state index contributed by atoms with van der Waals surface area (Å²) in [6.45, 7) is 0. The molecule has 0 spiro atoms. The van der Waals surface area contributed by atoms with E-state index in [0.29, 0.717) is 12.5 Å². The molecule has 0 aliphatic heterocycles. The molecular weight excluding hydrogens is 203 g/mol. The minimum atomic E-state index is -1.13. The van der Waals surface area contributed by atoms with Crippen molar-refractivity contribution in [1.82, 2.24) is 5.32 Å². The van der Waals surface area contributed by atoms with Crippen molar-refractivity contribution in [2.45, 2.75) is 24.8 Å². The molecule has 15 heavy (non-hydrogen) atoms. The van der Waals surface area contributed by atoms with Crippen molar-refractivity contribution in [3.8, 4) is 0 Å². The van der Waals surface area contributed by atoms with Gasteiger partial charge in [0.25, 0.3) is 0 Å². The molecule has 1 aromatic carbocycles. The molecule has 0 atom stereocenters. The van der Waals surface area contributed by atoms with Gasteiger partial charge in [-0.15, -0.1) is 0 Å². The molecule has 0 bridgehead atoms. The molecule has 0 amide bonds. The predicted octanol–water partition coefficient (Wildman–Crippen LogP) is 2.40. The second-order valence-electron chi connectivity index (χ2n) is 4.06. The lowest BCUT2D eigenvalue weighted by Gasteiger charge is -2.14. The van der Waals surface area contributed by atoms with Crippen LogP contribution in [0.5, 0.6) is 0 Å². The number of hydrogen-bond acceptors (Lipinski definition) is 1. The highest BCUT2D eigenvalue weighted by Crippen LogP contribution is 2.38. The fourth-order valence-corrected chi connectivity index (χ4v) is 1.73. The maximum Gasteiger partial charge on any atom is 0.161 e. The minimum Gasteiger partial charge on any atom is -0.314 e. The standard InChI is InChI=1S/C11H12F3N/c1-15-11(2-3-11)6-7-4-9(13)10(14)5-8(7)12/h4-5,15H,2-3,6H2,1H3. The molecule has 1 aliphatic carbocycles. The Morgan fingerprint density at radius 1 is 1.13 bits per heavy atom. The molecule has 1 N–H and O–H groups in total. The first-order valence-electron chi connectivity index (χ1n) is 4.89. The van der Waals surface area contributed by atoms with Gasteiger partial charge >= 0.3 is 0 Å². The maximum absolute atomic E-state index is 13.3. The first kappa shape index (κ1) is 10.5. The van der Waals surface area contributed by atoms with Gasteiger partial charge in [0.1, 0.15) is 5.82 Å². The van der Waals surface area contributed by atoms with E-state index >= 15 is 0 Å². The Bertz CT molecular complexity index is 386. The molecule has 82 valence electrons. The van der Waals surface area contributed by atoms with Crippen LogP contribution in [0.1, 0.15) is 18.4 Å². The van der Waals surface area contributed by atoms with Crippen LogP contribution in [-0.2, 0) is 6.42 Å². The monoisotopic (exact) mass is 215 g/mol. The number of benzene rings is 1. The number of likely N-dealkylation sites (N-methyl/N-ethyl adjacent to an activating group) is 1. The summed E-state index contributed by atoms with van der Waals surface area (Å²) in [5.41, 5.74) is 0.131. The first-order chi connectivity index (χ1) is 7.06. The van der Waals surface area contributed by atoms with Gasteiger partial charge in [-0.1, -0.05) is 0 Å². The van der Waals surface area contributed by atoms with Crippen LogP contribution in [-0.4, -0.2) is 12.6 Å². The molecule has 1 aliphatic rings. The minimum absolute atomic E-state index is 0.106. The van der Waals surface area contributed by atoms with Crippen LogP contribution < -0.4 is 5.32 Å². The van der Waals surface area contributed by atoms with E-state index in [2.05, 4.69) is 5.32 Å². The highest BCUT2D eigenvalue weighted by Gasteiger charge is 2.41. The third-order valence-electron chi connectivity index (χ3n) is 3.00. The Labute approximate surface area is 86.3 Å². The second kappa shape index (κ2) is 3.52. The topological polar surface area (TPSA) is 12.0 Å². The van der Waals surface area contributed by atoms with Crippen LogP contribution in [0, 0.1) is 17.5 Å². The van der Waals surface area contributed by atoms with Crippen molar-refractivity contribution >= 4 is 0 Å². The van der Waals surface area contributed by atoms with E-state index in [4.69, 9.17) is 0 Å². The van der Waals surface area contributed by atoms with E-state index in [1.807, 2.05) is 0 Å². The van der Waals surface area contributed by atoms with Gasteiger partial charge in [-0.2, -0.15) is 0 Å². The lowest BCUT2D eigenvalue weighted by atomic mass is 10.0. The molecule has 0 unspecified atom stereocenters. The summed E-state index contributed by atoms with van der Waals surface area (Å²) in [6, 6.07) is 1.55. The molecule has 0 aromatic heterocycles. The van der Waals surface area contributed by atoms with Crippen LogP contribution >= 0.6 is 0 Å². The van der Waals surface area contributed by atoms with Crippen molar-refractivity contribution < 1.29 is 13.2 Å². The molecule has 0 saturated heterocycles. The lowest BCUT2D eigenvalue weighted by molar-refractivity contribution is 0.478. The molecule has 2 rings (SSSR count). The lowest BCUT2D eigenvalue weighted by Crippen LogP contribution is -2.30. The van der Waals surface area contributed by atoms with Gasteiger partial charge in [-0.25, -0.2) is 13.2 Å². The van der Waals surface area contributed by atoms with Crippen LogP contribution in [0.4, 0.5) is 13.2 Å². The van der Waals surface area contributed by atoms with E-state index in [9.17, 15) is 13.2 Å². The van der Waals surface area contributed by atoms with Crippen molar-refractivity contribution in [2.24, 2.45) is 0 Å². The van der Waals surface area contributed by atoms with Crippen LogP contribution in [0.2, 0.25) is 0 Å². The average Bonchev–Trinajstić information content (AvgIpc) is 2.95.